The molecule has 1 aromatic rings. The van der Waals surface area contributed by atoms with Crippen LogP contribution in [0.2, 0.25) is 0 Å². The van der Waals surface area contributed by atoms with E-state index in [1.54, 1.807) is 0 Å². The Kier molecular flexibility index (Phi) is 3.19. The molecule has 1 aliphatic heterocycles. The summed E-state index contributed by atoms with van der Waals surface area (Å²) >= 11 is 0. The second-order valence-corrected chi connectivity index (χ2v) is 4.59. The van der Waals surface area contributed by atoms with Crippen LogP contribution in [0.1, 0.15) is 30.9 Å². The van der Waals surface area contributed by atoms with Gasteiger partial charge in [-0.25, -0.2) is 0 Å². The molecule has 1 atom stereocenters. The van der Waals surface area contributed by atoms with Gasteiger partial charge in [0.2, 0.25) is 0 Å². The fourth-order valence-electron chi connectivity index (χ4n) is 2.27. The van der Waals surface area contributed by atoms with Crippen molar-refractivity contribution in [3.05, 3.63) is 35.4 Å². The molecule has 1 aromatic carbocycles. The summed E-state index contributed by atoms with van der Waals surface area (Å²) in [5.74, 6) is -0.0688. The molecule has 18 heavy (non-hydrogen) atoms. The molecule has 0 amide bonds. The lowest BCUT2D eigenvalue weighted by Gasteiger charge is -2.35. The molecule has 1 heterocycles. The molecule has 0 saturated carbocycles. The smallest absolute Gasteiger partial charge is 0.370 e. The zero-order valence-electron chi connectivity index (χ0n) is 9.88. The molecule has 1 aliphatic rings. The van der Waals surface area contributed by atoms with E-state index in [0.29, 0.717) is 0 Å². The largest absolute Gasteiger partial charge is 0.416 e. The van der Waals surface area contributed by atoms with Crippen molar-refractivity contribution in [3.63, 3.8) is 0 Å². The van der Waals surface area contributed by atoms with E-state index in [1.165, 1.54) is 25.1 Å². The lowest BCUT2D eigenvalue weighted by atomic mass is 9.84. The van der Waals surface area contributed by atoms with Gasteiger partial charge in [-0.15, -0.1) is 0 Å². The molecule has 1 fully saturated rings. The molecule has 0 spiro atoms. The predicted molar refractivity (Wildman–Crippen MR) is 59.0 cm³/mol. The number of ketones is 1. The molecule has 0 aromatic heterocycles. The molecule has 0 bridgehead atoms. The SMILES string of the molecule is CC1(c2ccccc2C(F)(F)F)CC(=O)CCO1. The number of carbonyl (C=O) groups excluding carboxylic acids is 1. The van der Waals surface area contributed by atoms with Crippen LogP contribution in [0.5, 0.6) is 0 Å². The zero-order valence-corrected chi connectivity index (χ0v) is 9.88. The Hall–Kier alpha value is -1.36. The number of alkyl halides is 3. The lowest BCUT2D eigenvalue weighted by molar-refractivity contribution is -0.149. The Labute approximate surface area is 103 Å². The third kappa shape index (κ3) is 2.41. The highest BCUT2D eigenvalue weighted by Gasteiger charge is 2.42. The molecule has 0 N–H and O–H groups in total. The van der Waals surface area contributed by atoms with Crippen molar-refractivity contribution < 1.29 is 22.7 Å². The van der Waals surface area contributed by atoms with Crippen LogP contribution in [0.15, 0.2) is 24.3 Å². The summed E-state index contributed by atoms with van der Waals surface area (Å²) in [5.41, 5.74) is -1.88. The minimum Gasteiger partial charge on any atom is -0.370 e. The highest BCUT2D eigenvalue weighted by molar-refractivity contribution is 5.80. The lowest BCUT2D eigenvalue weighted by Crippen LogP contribution is -2.36. The van der Waals surface area contributed by atoms with Crippen LogP contribution in [-0.2, 0) is 21.3 Å². The van der Waals surface area contributed by atoms with E-state index in [2.05, 4.69) is 0 Å². The summed E-state index contributed by atoms with van der Waals surface area (Å²) in [6, 6.07) is 5.25. The van der Waals surface area contributed by atoms with Gasteiger partial charge in [-0.2, -0.15) is 13.2 Å². The van der Waals surface area contributed by atoms with Crippen molar-refractivity contribution >= 4 is 5.78 Å². The van der Waals surface area contributed by atoms with E-state index in [-0.39, 0.29) is 30.8 Å². The number of halogens is 3. The van der Waals surface area contributed by atoms with Crippen LogP contribution in [0.25, 0.3) is 0 Å². The van der Waals surface area contributed by atoms with E-state index in [9.17, 15) is 18.0 Å². The molecular formula is C13H13F3O2. The second kappa shape index (κ2) is 4.39. The van der Waals surface area contributed by atoms with E-state index in [1.807, 2.05) is 0 Å². The third-order valence-corrected chi connectivity index (χ3v) is 3.14. The van der Waals surface area contributed by atoms with E-state index in [4.69, 9.17) is 4.74 Å². The Morgan fingerprint density at radius 2 is 1.94 bits per heavy atom. The maximum absolute atomic E-state index is 12.9. The number of ether oxygens (including phenoxy) is 1. The van der Waals surface area contributed by atoms with Crippen molar-refractivity contribution in [1.82, 2.24) is 0 Å². The number of carbonyl (C=O) groups is 1. The molecule has 5 heteroatoms. The first-order chi connectivity index (χ1) is 8.33. The Morgan fingerprint density at radius 3 is 2.56 bits per heavy atom. The minimum absolute atomic E-state index is 0.0138. The first-order valence-electron chi connectivity index (χ1n) is 5.65. The van der Waals surface area contributed by atoms with Gasteiger partial charge in [0.1, 0.15) is 5.78 Å². The fraction of sp³-hybridized carbons (Fsp3) is 0.462. The quantitative estimate of drug-likeness (QED) is 0.772. The normalized spacial score (nSPS) is 25.2. The highest BCUT2D eigenvalue weighted by Crippen LogP contribution is 2.41. The molecule has 2 nitrogen and oxygen atoms in total. The van der Waals surface area contributed by atoms with Crippen molar-refractivity contribution in [2.24, 2.45) is 0 Å². The first kappa shape index (κ1) is 13.1. The number of Topliss-reactive ketones (excluding diaryl/α,β-unsaturated/α-hetero) is 1. The molecular weight excluding hydrogens is 245 g/mol. The van der Waals surface area contributed by atoms with Gasteiger partial charge in [-0.3, -0.25) is 4.79 Å². The van der Waals surface area contributed by atoms with E-state index >= 15 is 0 Å². The summed E-state index contributed by atoms with van der Waals surface area (Å²) in [5, 5.41) is 0. The van der Waals surface area contributed by atoms with Crippen LogP contribution in [-0.4, -0.2) is 12.4 Å². The van der Waals surface area contributed by atoms with Crippen LogP contribution < -0.4 is 0 Å². The van der Waals surface area contributed by atoms with Gasteiger partial charge in [0.25, 0.3) is 0 Å². The molecule has 1 saturated heterocycles. The Balaban J connectivity index is 2.47. The highest BCUT2D eigenvalue weighted by atomic mass is 19.4. The summed E-state index contributed by atoms with van der Waals surface area (Å²) < 4.78 is 44.2. The molecule has 98 valence electrons. The van der Waals surface area contributed by atoms with Gasteiger partial charge in [0, 0.05) is 12.8 Å². The van der Waals surface area contributed by atoms with E-state index in [0.717, 1.165) is 6.07 Å². The summed E-state index contributed by atoms with van der Waals surface area (Å²) in [4.78, 5) is 11.5. The Bertz CT molecular complexity index is 468. The number of hydrogen-bond acceptors (Lipinski definition) is 2. The second-order valence-electron chi connectivity index (χ2n) is 4.59. The first-order valence-corrected chi connectivity index (χ1v) is 5.65. The van der Waals surface area contributed by atoms with Crippen LogP contribution >= 0.6 is 0 Å². The summed E-state index contributed by atoms with van der Waals surface area (Å²) in [7, 11) is 0. The standard InChI is InChI=1S/C13H13F3O2/c1-12(8-9(17)6-7-18-12)10-4-2-3-5-11(10)13(14,15)16/h2-5H,6-8H2,1H3. The predicted octanol–water partition coefficient (Wildman–Crippen LogP) is 3.30. The van der Waals surface area contributed by atoms with Gasteiger partial charge in [0.15, 0.2) is 0 Å². The van der Waals surface area contributed by atoms with Gasteiger partial charge in [-0.1, -0.05) is 18.2 Å². The third-order valence-electron chi connectivity index (χ3n) is 3.14. The molecule has 1 unspecified atom stereocenters. The van der Waals surface area contributed by atoms with E-state index < -0.39 is 17.3 Å². The van der Waals surface area contributed by atoms with Gasteiger partial charge in [-0.05, 0) is 18.6 Å². The Morgan fingerprint density at radius 1 is 1.28 bits per heavy atom. The summed E-state index contributed by atoms with van der Waals surface area (Å²) in [6.45, 7) is 1.70. The van der Waals surface area contributed by atoms with Crippen LogP contribution in [0.4, 0.5) is 13.2 Å². The van der Waals surface area contributed by atoms with Crippen molar-refractivity contribution in [2.75, 3.05) is 6.61 Å². The molecule has 0 aliphatic carbocycles. The zero-order chi connectivity index (χ0) is 13.4. The van der Waals surface area contributed by atoms with Crippen LogP contribution in [0, 0.1) is 0 Å². The number of hydrogen-bond donors (Lipinski definition) is 0. The maximum atomic E-state index is 12.9. The van der Waals surface area contributed by atoms with Crippen molar-refractivity contribution in [1.29, 1.82) is 0 Å². The van der Waals surface area contributed by atoms with Gasteiger partial charge in [0.05, 0.1) is 17.8 Å². The topological polar surface area (TPSA) is 26.3 Å². The average Bonchev–Trinajstić information content (AvgIpc) is 2.27. The number of benzene rings is 1. The number of rotatable bonds is 1. The molecule has 2 rings (SSSR count). The summed E-state index contributed by atoms with van der Waals surface area (Å²) in [6.07, 6.45) is -4.19. The van der Waals surface area contributed by atoms with Crippen LogP contribution in [0.3, 0.4) is 0 Å². The monoisotopic (exact) mass is 258 g/mol. The molecule has 0 radical (unpaired) electrons. The van der Waals surface area contributed by atoms with Gasteiger partial charge < -0.3 is 4.74 Å². The van der Waals surface area contributed by atoms with Crippen molar-refractivity contribution in [3.8, 4) is 0 Å². The minimum atomic E-state index is -4.44. The maximum Gasteiger partial charge on any atom is 0.416 e. The fourth-order valence-corrected chi connectivity index (χ4v) is 2.27. The average molecular weight is 258 g/mol. The van der Waals surface area contributed by atoms with Gasteiger partial charge >= 0.3 is 6.18 Å². The van der Waals surface area contributed by atoms with Crippen molar-refractivity contribution in [2.45, 2.75) is 31.5 Å².